The number of aliphatic hydroxyl groups excluding tert-OH is 1. The highest BCUT2D eigenvalue weighted by Gasteiger charge is 2.21. The number of carbonyl (C=O) groups is 1. The van der Waals surface area contributed by atoms with E-state index in [1.165, 1.54) is 7.11 Å². The zero-order valence-electron chi connectivity index (χ0n) is 15.6. The quantitative estimate of drug-likeness (QED) is 0.279. The van der Waals surface area contributed by atoms with Gasteiger partial charge in [0.05, 0.1) is 19.7 Å². The minimum atomic E-state index is -0.689. The van der Waals surface area contributed by atoms with Crippen molar-refractivity contribution < 1.29 is 47.9 Å². The predicted molar refractivity (Wildman–Crippen MR) is 97.1 cm³/mol. The number of esters is 1. The van der Waals surface area contributed by atoms with Crippen LogP contribution in [0.3, 0.4) is 0 Å². The molecule has 0 aliphatic heterocycles. The van der Waals surface area contributed by atoms with E-state index < -0.39 is 12.1 Å². The predicted octanol–water partition coefficient (Wildman–Crippen LogP) is -0.995. The van der Waals surface area contributed by atoms with Gasteiger partial charge in [0.25, 0.3) is 5.82 Å². The normalized spacial score (nSPS) is 11.7. The lowest BCUT2D eigenvalue weighted by Gasteiger charge is -2.12. The number of rotatable bonds is 6. The molecule has 1 aromatic heterocycles. The van der Waals surface area contributed by atoms with Crippen LogP contribution in [0.2, 0.25) is 0 Å². The van der Waals surface area contributed by atoms with Crippen LogP contribution in [-0.2, 0) is 18.3 Å². The third-order valence-electron chi connectivity index (χ3n) is 4.50. The Kier molecular flexibility index (Phi) is 7.20. The van der Waals surface area contributed by atoms with Crippen molar-refractivity contribution in [2.24, 2.45) is 7.05 Å². The van der Waals surface area contributed by atoms with Crippen molar-refractivity contribution in [1.29, 1.82) is 0 Å². The number of aliphatic hydroxyl groups is 1. The molecule has 0 spiro atoms. The Labute approximate surface area is 175 Å². The Bertz CT molecular complexity index is 939. The average Bonchev–Trinajstić information content (AvgIpc) is 2.91. The van der Waals surface area contributed by atoms with Crippen molar-refractivity contribution in [3.63, 3.8) is 0 Å². The number of ether oxygens (including phenoxy) is 2. The highest BCUT2D eigenvalue weighted by atomic mass is 127. The van der Waals surface area contributed by atoms with Crippen molar-refractivity contribution in [1.82, 2.24) is 4.57 Å². The van der Waals surface area contributed by atoms with E-state index in [0.717, 1.165) is 16.9 Å². The van der Waals surface area contributed by atoms with Crippen LogP contribution < -0.4 is 33.3 Å². The number of hydrogen-bond donors (Lipinski definition) is 1. The van der Waals surface area contributed by atoms with Gasteiger partial charge >= 0.3 is 5.97 Å². The van der Waals surface area contributed by atoms with Crippen molar-refractivity contribution in [3.05, 3.63) is 59.9 Å². The average molecular weight is 482 g/mol. The van der Waals surface area contributed by atoms with Gasteiger partial charge < -0.3 is 38.6 Å². The minimum absolute atomic E-state index is 0. The number of aryl methyl sites for hydroxylation is 1. The summed E-state index contributed by atoms with van der Waals surface area (Å²) < 4.78 is 14.5. The molecule has 0 fully saturated rings. The van der Waals surface area contributed by atoms with Crippen LogP contribution in [0, 0.1) is 6.92 Å². The molecule has 27 heavy (non-hydrogen) atoms. The van der Waals surface area contributed by atoms with E-state index in [0.29, 0.717) is 17.9 Å². The van der Waals surface area contributed by atoms with E-state index in [2.05, 4.69) is 15.2 Å². The van der Waals surface area contributed by atoms with Gasteiger partial charge in [-0.05, 0) is 30.3 Å². The molecule has 0 saturated heterocycles. The molecule has 1 unspecified atom stereocenters. The molecule has 0 bridgehead atoms. The molecule has 3 aromatic rings. The molecule has 1 N–H and O–H groups in total. The number of hydrogen-bond acceptors (Lipinski definition) is 4. The summed E-state index contributed by atoms with van der Waals surface area (Å²) in [4.78, 5) is 11.6. The molecule has 2 aromatic carbocycles. The van der Waals surface area contributed by atoms with Crippen LogP contribution in [0.25, 0.3) is 11.0 Å². The largest absolute Gasteiger partial charge is 1.00 e. The molecular weight excluding hydrogens is 459 g/mol. The third kappa shape index (κ3) is 4.59. The van der Waals surface area contributed by atoms with Gasteiger partial charge in [0, 0.05) is 6.92 Å². The number of carbonyl (C=O) groups excluding carboxylic acids is 1. The summed E-state index contributed by atoms with van der Waals surface area (Å²) in [6.07, 6.45) is -0.689. The number of methoxy groups -OCH3 is 1. The standard InChI is InChI=1S/C20H23N2O4.HI/c1-14-21(2)18-9-4-5-10-19(18)22(14)12-16(23)13-26-17-8-6-7-15(11-17)20(24)25-3;/h4-11,16,23H,12-13H2,1-3H3;1H/q+1;/p-1. The fourth-order valence-electron chi connectivity index (χ4n) is 3.02. The minimum Gasteiger partial charge on any atom is -1.00 e. The van der Waals surface area contributed by atoms with Crippen LogP contribution in [-0.4, -0.2) is 35.5 Å². The van der Waals surface area contributed by atoms with E-state index in [1.807, 2.05) is 32.2 Å². The first-order chi connectivity index (χ1) is 12.5. The highest BCUT2D eigenvalue weighted by molar-refractivity contribution is 5.89. The Morgan fingerprint density at radius 3 is 2.70 bits per heavy atom. The first kappa shape index (κ1) is 21.2. The van der Waals surface area contributed by atoms with Gasteiger partial charge in [0.2, 0.25) is 0 Å². The Hall–Kier alpha value is -2.13. The lowest BCUT2D eigenvalue weighted by Crippen LogP contribution is -3.00. The number of benzene rings is 2. The fraction of sp³-hybridized carbons (Fsp3) is 0.300. The van der Waals surface area contributed by atoms with Gasteiger partial charge in [-0.3, -0.25) is 0 Å². The molecule has 144 valence electrons. The monoisotopic (exact) mass is 482 g/mol. The van der Waals surface area contributed by atoms with Crippen molar-refractivity contribution in [2.75, 3.05) is 13.7 Å². The Morgan fingerprint density at radius 2 is 1.96 bits per heavy atom. The molecule has 0 saturated carbocycles. The maximum atomic E-state index is 11.6. The lowest BCUT2D eigenvalue weighted by atomic mass is 10.2. The molecule has 0 amide bonds. The SMILES string of the molecule is COC(=O)c1cccc(OCC(O)Cn2c(C)[n+](C)c3ccccc32)c1.[I-]. The van der Waals surface area contributed by atoms with Gasteiger partial charge in [-0.15, -0.1) is 0 Å². The van der Waals surface area contributed by atoms with Gasteiger partial charge in [-0.25, -0.2) is 13.9 Å². The maximum Gasteiger partial charge on any atom is 0.337 e. The second-order valence-electron chi connectivity index (χ2n) is 6.19. The molecule has 1 atom stereocenters. The number of nitrogens with zero attached hydrogens (tertiary/aromatic N) is 2. The van der Waals surface area contributed by atoms with E-state index in [4.69, 9.17) is 9.47 Å². The van der Waals surface area contributed by atoms with E-state index >= 15 is 0 Å². The molecular formula is C20H23IN2O4. The van der Waals surface area contributed by atoms with Gasteiger partial charge in [0.1, 0.15) is 25.0 Å². The molecule has 6 nitrogen and oxygen atoms in total. The molecule has 1 heterocycles. The number of aromatic nitrogens is 2. The molecule has 3 rings (SSSR count). The fourth-order valence-corrected chi connectivity index (χ4v) is 3.02. The van der Waals surface area contributed by atoms with E-state index in [-0.39, 0.29) is 30.6 Å². The Morgan fingerprint density at radius 1 is 1.22 bits per heavy atom. The van der Waals surface area contributed by atoms with Crippen molar-refractivity contribution in [3.8, 4) is 5.75 Å². The van der Waals surface area contributed by atoms with Gasteiger partial charge in [-0.2, -0.15) is 0 Å². The highest BCUT2D eigenvalue weighted by Crippen LogP contribution is 2.16. The first-order valence-electron chi connectivity index (χ1n) is 8.44. The molecule has 0 radical (unpaired) electrons. The van der Waals surface area contributed by atoms with Crippen molar-refractivity contribution >= 4 is 17.0 Å². The number of para-hydroxylation sites is 2. The summed E-state index contributed by atoms with van der Waals surface area (Å²) in [6.45, 7) is 2.57. The van der Waals surface area contributed by atoms with Crippen LogP contribution in [0.4, 0.5) is 0 Å². The van der Waals surface area contributed by atoms with E-state index in [9.17, 15) is 9.90 Å². The van der Waals surface area contributed by atoms with Crippen LogP contribution in [0.15, 0.2) is 48.5 Å². The second kappa shape index (κ2) is 9.18. The summed E-state index contributed by atoms with van der Waals surface area (Å²) in [7, 11) is 3.35. The van der Waals surface area contributed by atoms with Crippen molar-refractivity contribution in [2.45, 2.75) is 19.6 Å². The maximum absolute atomic E-state index is 11.6. The number of imidazole rings is 1. The van der Waals surface area contributed by atoms with Gasteiger partial charge in [0.15, 0.2) is 11.0 Å². The Balaban J connectivity index is 0.00000261. The number of halogens is 1. The topological polar surface area (TPSA) is 64.6 Å². The van der Waals surface area contributed by atoms with Crippen LogP contribution in [0.1, 0.15) is 16.2 Å². The first-order valence-corrected chi connectivity index (χ1v) is 8.44. The van der Waals surface area contributed by atoms with Crippen LogP contribution in [0.5, 0.6) is 5.75 Å². The summed E-state index contributed by atoms with van der Waals surface area (Å²) in [5.41, 5.74) is 2.60. The molecule has 0 aliphatic carbocycles. The number of fused-ring (bicyclic) bond motifs is 1. The van der Waals surface area contributed by atoms with E-state index in [1.54, 1.807) is 24.3 Å². The van der Waals surface area contributed by atoms with Gasteiger partial charge in [-0.1, -0.05) is 18.2 Å². The summed E-state index contributed by atoms with van der Waals surface area (Å²) in [5.74, 6) is 1.16. The zero-order chi connectivity index (χ0) is 18.7. The molecule has 0 aliphatic rings. The third-order valence-corrected chi connectivity index (χ3v) is 4.50. The lowest BCUT2D eigenvalue weighted by molar-refractivity contribution is -0.652. The molecule has 7 heteroatoms. The summed E-state index contributed by atoms with van der Waals surface area (Å²) in [6, 6.07) is 14.8. The summed E-state index contributed by atoms with van der Waals surface area (Å²) in [5, 5.41) is 10.4. The summed E-state index contributed by atoms with van der Waals surface area (Å²) >= 11 is 0. The van der Waals surface area contributed by atoms with Crippen LogP contribution >= 0.6 is 0 Å². The second-order valence-corrected chi connectivity index (χ2v) is 6.19. The zero-order valence-corrected chi connectivity index (χ0v) is 17.7. The smallest absolute Gasteiger partial charge is 0.337 e.